The molecule has 3 rings (SSSR count). The van der Waals surface area contributed by atoms with Gasteiger partial charge in [-0.25, -0.2) is 4.98 Å². The predicted molar refractivity (Wildman–Crippen MR) is 82.3 cm³/mol. The van der Waals surface area contributed by atoms with Crippen molar-refractivity contribution in [1.82, 2.24) is 4.98 Å². The van der Waals surface area contributed by atoms with Crippen molar-refractivity contribution in [3.63, 3.8) is 0 Å². The van der Waals surface area contributed by atoms with Gasteiger partial charge in [0, 0.05) is 12.1 Å². The van der Waals surface area contributed by atoms with Crippen LogP contribution in [-0.4, -0.2) is 24.1 Å². The van der Waals surface area contributed by atoms with Gasteiger partial charge in [0.15, 0.2) is 11.5 Å². The highest BCUT2D eigenvalue weighted by molar-refractivity contribution is 9.10. The number of fused-ring (bicyclic) bond motifs is 1. The third-order valence-corrected chi connectivity index (χ3v) is 3.58. The molecule has 0 unspecified atom stereocenters. The molecule has 0 aliphatic carbocycles. The van der Waals surface area contributed by atoms with Gasteiger partial charge in [-0.1, -0.05) is 17.7 Å². The molecule has 7 heteroatoms. The zero-order chi connectivity index (χ0) is 14.8. The van der Waals surface area contributed by atoms with Crippen LogP contribution in [0.15, 0.2) is 34.9 Å². The SMILES string of the molecule is O=C(Nc1cc2c(cc1Cl)OCCO2)c1cccc(Br)n1. The Morgan fingerprint density at radius 1 is 1.24 bits per heavy atom. The summed E-state index contributed by atoms with van der Waals surface area (Å²) in [7, 11) is 0. The number of hydrogen-bond donors (Lipinski definition) is 1. The second-order valence-electron chi connectivity index (χ2n) is 4.28. The molecule has 0 spiro atoms. The summed E-state index contributed by atoms with van der Waals surface area (Å²) in [5, 5.41) is 3.09. The number of nitrogens with one attached hydrogen (secondary N) is 1. The maximum atomic E-state index is 12.2. The number of pyridine rings is 1. The van der Waals surface area contributed by atoms with Crippen LogP contribution in [0.2, 0.25) is 5.02 Å². The smallest absolute Gasteiger partial charge is 0.274 e. The molecular weight excluding hydrogens is 360 g/mol. The Kier molecular flexibility index (Phi) is 3.98. The van der Waals surface area contributed by atoms with E-state index in [2.05, 4.69) is 26.2 Å². The summed E-state index contributed by atoms with van der Waals surface area (Å²) in [5.74, 6) is 0.780. The predicted octanol–water partition coefficient (Wildman–Crippen LogP) is 3.52. The first-order chi connectivity index (χ1) is 10.1. The summed E-state index contributed by atoms with van der Waals surface area (Å²) in [4.78, 5) is 16.3. The average molecular weight is 370 g/mol. The van der Waals surface area contributed by atoms with Crippen LogP contribution in [0.1, 0.15) is 10.5 Å². The normalized spacial score (nSPS) is 12.9. The lowest BCUT2D eigenvalue weighted by molar-refractivity contribution is 0.102. The third kappa shape index (κ3) is 3.11. The van der Waals surface area contributed by atoms with Crippen LogP contribution >= 0.6 is 27.5 Å². The molecular formula is C14H10BrClN2O3. The van der Waals surface area contributed by atoms with Gasteiger partial charge >= 0.3 is 0 Å². The molecule has 1 N–H and O–H groups in total. The molecule has 1 aromatic heterocycles. The van der Waals surface area contributed by atoms with E-state index in [1.807, 2.05) is 0 Å². The molecule has 21 heavy (non-hydrogen) atoms. The van der Waals surface area contributed by atoms with E-state index in [0.717, 1.165) is 0 Å². The molecule has 1 amide bonds. The van der Waals surface area contributed by atoms with Crippen LogP contribution in [0.25, 0.3) is 0 Å². The van der Waals surface area contributed by atoms with Crippen LogP contribution in [-0.2, 0) is 0 Å². The fraction of sp³-hybridized carbons (Fsp3) is 0.143. The second kappa shape index (κ2) is 5.91. The van der Waals surface area contributed by atoms with Crippen molar-refractivity contribution < 1.29 is 14.3 Å². The third-order valence-electron chi connectivity index (χ3n) is 2.83. The van der Waals surface area contributed by atoms with Crippen molar-refractivity contribution in [1.29, 1.82) is 0 Å². The molecule has 1 aliphatic rings. The van der Waals surface area contributed by atoms with Crippen molar-refractivity contribution in [2.45, 2.75) is 0 Å². The van der Waals surface area contributed by atoms with E-state index < -0.39 is 0 Å². The van der Waals surface area contributed by atoms with Crippen molar-refractivity contribution in [2.24, 2.45) is 0 Å². The van der Waals surface area contributed by atoms with E-state index in [-0.39, 0.29) is 11.6 Å². The van der Waals surface area contributed by atoms with Gasteiger partial charge in [0.25, 0.3) is 5.91 Å². The Balaban J connectivity index is 1.86. The summed E-state index contributed by atoms with van der Waals surface area (Å²) < 4.78 is 11.5. The minimum atomic E-state index is -0.352. The van der Waals surface area contributed by atoms with Gasteiger partial charge in [0.05, 0.1) is 10.7 Å². The number of aromatic nitrogens is 1. The van der Waals surface area contributed by atoms with Crippen molar-refractivity contribution in [3.8, 4) is 11.5 Å². The molecule has 1 aliphatic heterocycles. The largest absolute Gasteiger partial charge is 0.486 e. The van der Waals surface area contributed by atoms with Gasteiger partial charge < -0.3 is 14.8 Å². The summed E-state index contributed by atoms with van der Waals surface area (Å²) in [6, 6.07) is 8.37. The molecule has 0 atom stereocenters. The van der Waals surface area contributed by atoms with E-state index in [1.54, 1.807) is 30.3 Å². The number of amides is 1. The van der Waals surface area contributed by atoms with Gasteiger partial charge in [-0.3, -0.25) is 4.79 Å². The molecule has 0 saturated heterocycles. The van der Waals surface area contributed by atoms with E-state index in [0.29, 0.717) is 40.0 Å². The molecule has 1 aromatic carbocycles. The Labute approximate surface area is 134 Å². The zero-order valence-electron chi connectivity index (χ0n) is 10.7. The van der Waals surface area contributed by atoms with Crippen molar-refractivity contribution in [2.75, 3.05) is 18.5 Å². The maximum Gasteiger partial charge on any atom is 0.274 e. The number of rotatable bonds is 2. The van der Waals surface area contributed by atoms with E-state index in [1.165, 1.54) is 0 Å². The molecule has 0 fully saturated rings. The lowest BCUT2D eigenvalue weighted by atomic mass is 10.2. The van der Waals surface area contributed by atoms with Gasteiger partial charge in [-0.2, -0.15) is 0 Å². The zero-order valence-corrected chi connectivity index (χ0v) is 13.1. The first kappa shape index (κ1) is 14.2. The first-order valence-electron chi connectivity index (χ1n) is 6.16. The molecule has 0 saturated carbocycles. The molecule has 2 heterocycles. The Hall–Kier alpha value is -1.79. The first-order valence-corrected chi connectivity index (χ1v) is 7.33. The molecule has 0 radical (unpaired) electrons. The van der Waals surface area contributed by atoms with Crippen LogP contribution < -0.4 is 14.8 Å². The number of benzene rings is 1. The van der Waals surface area contributed by atoms with Gasteiger partial charge in [-0.15, -0.1) is 0 Å². The van der Waals surface area contributed by atoms with Crippen LogP contribution in [0, 0.1) is 0 Å². The average Bonchev–Trinajstić information content (AvgIpc) is 2.48. The van der Waals surface area contributed by atoms with Crippen LogP contribution in [0.4, 0.5) is 5.69 Å². The minimum absolute atomic E-state index is 0.287. The lowest BCUT2D eigenvalue weighted by Crippen LogP contribution is -2.17. The van der Waals surface area contributed by atoms with Gasteiger partial charge in [0.1, 0.15) is 23.5 Å². The number of halogens is 2. The number of carbonyl (C=O) groups excluding carboxylic acids is 1. The van der Waals surface area contributed by atoms with Gasteiger partial charge in [0.2, 0.25) is 0 Å². The highest BCUT2D eigenvalue weighted by atomic mass is 79.9. The molecule has 5 nitrogen and oxygen atoms in total. The second-order valence-corrected chi connectivity index (χ2v) is 5.50. The van der Waals surface area contributed by atoms with Crippen molar-refractivity contribution >= 4 is 39.1 Å². The Morgan fingerprint density at radius 2 is 1.95 bits per heavy atom. The Bertz CT molecular complexity index is 709. The van der Waals surface area contributed by atoms with Gasteiger partial charge in [-0.05, 0) is 28.1 Å². The Morgan fingerprint density at radius 3 is 2.67 bits per heavy atom. The van der Waals surface area contributed by atoms with E-state index in [9.17, 15) is 4.79 Å². The fourth-order valence-electron chi connectivity index (χ4n) is 1.88. The minimum Gasteiger partial charge on any atom is -0.486 e. The summed E-state index contributed by atoms with van der Waals surface area (Å²) >= 11 is 9.37. The number of ether oxygens (including phenoxy) is 2. The maximum absolute atomic E-state index is 12.2. The standard InChI is InChI=1S/C14H10BrClN2O3/c15-13-3-1-2-9(17-13)14(19)18-10-7-12-11(6-8(10)16)20-4-5-21-12/h1-3,6-7H,4-5H2,(H,18,19). The highest BCUT2D eigenvalue weighted by Crippen LogP contribution is 2.38. The lowest BCUT2D eigenvalue weighted by Gasteiger charge is -2.19. The number of carbonyl (C=O) groups is 1. The van der Waals surface area contributed by atoms with E-state index in [4.69, 9.17) is 21.1 Å². The highest BCUT2D eigenvalue weighted by Gasteiger charge is 2.17. The summed E-state index contributed by atoms with van der Waals surface area (Å²) in [6.07, 6.45) is 0. The molecule has 2 aromatic rings. The monoisotopic (exact) mass is 368 g/mol. The topological polar surface area (TPSA) is 60.5 Å². The number of hydrogen-bond acceptors (Lipinski definition) is 4. The molecule has 108 valence electrons. The fourth-order valence-corrected chi connectivity index (χ4v) is 2.43. The summed E-state index contributed by atoms with van der Waals surface area (Å²) in [5.41, 5.74) is 0.739. The number of nitrogens with zero attached hydrogens (tertiary/aromatic N) is 1. The molecule has 0 bridgehead atoms. The van der Waals surface area contributed by atoms with Crippen molar-refractivity contribution in [3.05, 3.63) is 45.7 Å². The van der Waals surface area contributed by atoms with E-state index >= 15 is 0 Å². The van der Waals surface area contributed by atoms with Crippen LogP contribution in [0.5, 0.6) is 11.5 Å². The van der Waals surface area contributed by atoms with Crippen LogP contribution in [0.3, 0.4) is 0 Å². The number of anilines is 1. The summed E-state index contributed by atoms with van der Waals surface area (Å²) in [6.45, 7) is 0.951. The quantitative estimate of drug-likeness (QED) is 0.823.